The Bertz CT molecular complexity index is 2220. The van der Waals surface area contributed by atoms with Gasteiger partial charge in [0, 0.05) is 19.0 Å². The Hall–Kier alpha value is -7.25. The topological polar surface area (TPSA) is 502 Å². The molecule has 0 spiro atoms. The lowest BCUT2D eigenvalue weighted by Gasteiger charge is -2.29. The number of carbonyl (C=O) groups excluding carboxylic acids is 10. The lowest BCUT2D eigenvalue weighted by atomic mass is 10.0. The normalized spacial score (nSPS) is 14.1. The Morgan fingerprint density at radius 2 is 0.914 bits per heavy atom. The van der Waals surface area contributed by atoms with Crippen molar-refractivity contribution in [2.24, 2.45) is 34.6 Å². The van der Waals surface area contributed by atoms with E-state index in [9.17, 15) is 72.1 Å². The fourth-order valence-electron chi connectivity index (χ4n) is 8.06. The van der Waals surface area contributed by atoms with Crippen LogP contribution in [-0.4, -0.2) is 177 Å². The molecule has 81 heavy (non-hydrogen) atoms. The van der Waals surface area contributed by atoms with Crippen molar-refractivity contribution in [1.29, 1.82) is 0 Å². The van der Waals surface area contributed by atoms with Crippen molar-refractivity contribution in [1.82, 2.24) is 57.5 Å². The number of carboxylic acids is 2. The number of aromatic nitrogens is 3. The molecule has 20 N–H and O–H groups in total. The zero-order chi connectivity index (χ0) is 61.0. The van der Waals surface area contributed by atoms with Gasteiger partial charge in [-0.2, -0.15) is 0 Å². The number of carbonyl (C=O) groups is 12. The molecule has 0 aromatic carbocycles. The molecule has 2 unspecified atom stereocenters. The minimum atomic E-state index is -1.82. The first-order valence-corrected chi connectivity index (χ1v) is 27.3. The smallest absolute Gasteiger partial charge is 0.305 e. The van der Waals surface area contributed by atoms with Crippen molar-refractivity contribution in [2.75, 3.05) is 32.9 Å². The molecule has 0 saturated carbocycles. The zero-order valence-electron chi connectivity index (χ0n) is 46.6. The van der Waals surface area contributed by atoms with E-state index in [1.807, 2.05) is 0 Å². The summed E-state index contributed by atoms with van der Waals surface area (Å²) in [4.78, 5) is 159. The van der Waals surface area contributed by atoms with Crippen LogP contribution < -0.4 is 71.2 Å². The standard InChI is InChI=1S/C50H87FN16O14/c1-29(2)42(64-47(78)36(18-19-40(70)71)62-49(80)38(26-41(72)73)57-39(69)28-67-27-31(65-66-67)13-12-20-51)50(81)63-37(25-30(3)68)48(79)61-35(17-7-11-24-55)46(77)60-34(16-6-10-23-54)45(76)59-33(15-5-9-22-53)44(75)58-32(43(56)74)14-4-8-21-52/h27,29,32-38,42H,4-26,28,52-55H2,1-3H3,(H2,56,74)(H,57,69)(H,58,75)(H,59,76)(H,60,77)(H,61,79)(H,62,80)(H,63,81)(H,64,78)(H,70,71)(H,72,73)/t32-,33-,34-,35-,36?,37?,38-,42-/m0/s1. The molecule has 9 amide bonds. The first-order chi connectivity index (χ1) is 38.4. The molecule has 0 saturated heterocycles. The van der Waals surface area contributed by atoms with Crippen molar-refractivity contribution in [2.45, 2.75) is 191 Å². The highest BCUT2D eigenvalue weighted by atomic mass is 19.1. The summed E-state index contributed by atoms with van der Waals surface area (Å²) in [7, 11) is 0. The monoisotopic (exact) mass is 1150 g/mol. The Morgan fingerprint density at radius 3 is 1.31 bits per heavy atom. The third kappa shape index (κ3) is 29.7. The summed E-state index contributed by atoms with van der Waals surface area (Å²) in [6.45, 7) is 4.02. The number of ketones is 1. The Labute approximate surface area is 470 Å². The molecule has 0 aliphatic carbocycles. The van der Waals surface area contributed by atoms with E-state index >= 15 is 0 Å². The number of halogens is 1. The Morgan fingerprint density at radius 1 is 0.519 bits per heavy atom. The number of carboxylic acid groups (broad SMARTS) is 2. The molecule has 8 atom stereocenters. The second-order valence-corrected chi connectivity index (χ2v) is 19.9. The Balaban J connectivity index is 3.47. The number of hydrogen-bond donors (Lipinski definition) is 15. The number of amides is 9. The van der Waals surface area contributed by atoms with Crippen LogP contribution in [0, 0.1) is 5.92 Å². The van der Waals surface area contributed by atoms with E-state index in [0.29, 0.717) is 57.2 Å². The third-order valence-electron chi connectivity index (χ3n) is 12.5. The molecule has 0 bridgehead atoms. The van der Waals surface area contributed by atoms with Gasteiger partial charge in [0.1, 0.15) is 60.7 Å². The average Bonchev–Trinajstić information content (AvgIpc) is 3.85. The SMILES string of the molecule is CC(=O)CC(NC(=O)[C@@H](NC(=O)C(CCC(=O)O)NC(=O)[C@H](CC(=O)O)NC(=O)Cn1cc(CCCF)nn1)C(C)C)C(=O)N[C@@H](CCCCN)C(=O)N[C@@H](CCCCN)C(=O)N[C@@H](CCCCN)C(=O)N[C@@H](CCCCN)C(N)=O. The van der Waals surface area contributed by atoms with Crippen molar-refractivity contribution >= 4 is 70.9 Å². The minimum absolute atomic E-state index is 0.0283. The van der Waals surface area contributed by atoms with E-state index in [1.54, 1.807) is 0 Å². The fraction of sp³-hybridized carbons (Fsp3) is 0.720. The fourth-order valence-corrected chi connectivity index (χ4v) is 8.06. The van der Waals surface area contributed by atoms with E-state index < -0.39 is 164 Å². The van der Waals surface area contributed by atoms with E-state index in [-0.39, 0.29) is 64.6 Å². The molecule has 458 valence electrons. The number of nitrogens with two attached hydrogens (primary N) is 5. The summed E-state index contributed by atoms with van der Waals surface area (Å²) in [5, 5.41) is 46.5. The van der Waals surface area contributed by atoms with Crippen molar-refractivity contribution in [3.63, 3.8) is 0 Å². The molecular formula is C50H87FN16O14. The van der Waals surface area contributed by atoms with Gasteiger partial charge in [0.25, 0.3) is 0 Å². The highest BCUT2D eigenvalue weighted by Crippen LogP contribution is 2.12. The first kappa shape index (κ1) is 71.8. The van der Waals surface area contributed by atoms with Crippen molar-refractivity contribution in [3.05, 3.63) is 11.9 Å². The van der Waals surface area contributed by atoms with Crippen LogP contribution in [0.1, 0.15) is 136 Å². The number of Topliss-reactive ketones (excluding diaryl/α,β-unsaturated/α-hetero) is 1. The third-order valence-corrected chi connectivity index (χ3v) is 12.5. The summed E-state index contributed by atoms with van der Waals surface area (Å²) in [6.07, 6.45) is 2.46. The second kappa shape index (κ2) is 40.0. The molecule has 0 aliphatic heterocycles. The van der Waals surface area contributed by atoms with Crippen LogP contribution in [0.3, 0.4) is 0 Å². The van der Waals surface area contributed by atoms with E-state index in [4.69, 9.17) is 28.7 Å². The maximum atomic E-state index is 14.2. The maximum Gasteiger partial charge on any atom is 0.305 e. The van der Waals surface area contributed by atoms with Crippen LogP contribution in [0.4, 0.5) is 4.39 Å². The average molecular weight is 1160 g/mol. The maximum absolute atomic E-state index is 14.2. The summed E-state index contributed by atoms with van der Waals surface area (Å²) in [5.74, 6) is -12.8. The van der Waals surface area contributed by atoms with E-state index in [2.05, 4.69) is 52.8 Å². The van der Waals surface area contributed by atoms with Crippen LogP contribution in [-0.2, 0) is 70.5 Å². The molecule has 1 heterocycles. The van der Waals surface area contributed by atoms with Gasteiger partial charge in [0.15, 0.2) is 0 Å². The first-order valence-electron chi connectivity index (χ1n) is 27.3. The van der Waals surface area contributed by atoms with Crippen LogP contribution in [0.15, 0.2) is 6.20 Å². The van der Waals surface area contributed by atoms with Crippen LogP contribution in [0.25, 0.3) is 0 Å². The second-order valence-electron chi connectivity index (χ2n) is 19.9. The molecule has 0 radical (unpaired) electrons. The molecule has 30 nitrogen and oxygen atoms in total. The number of alkyl halides is 1. The lowest BCUT2D eigenvalue weighted by Crippen LogP contribution is -2.61. The predicted molar refractivity (Wildman–Crippen MR) is 290 cm³/mol. The lowest BCUT2D eigenvalue weighted by molar-refractivity contribution is -0.141. The van der Waals surface area contributed by atoms with Crippen LogP contribution in [0.2, 0.25) is 0 Å². The molecule has 0 aliphatic rings. The highest BCUT2D eigenvalue weighted by molar-refractivity contribution is 5.99. The number of primary amides is 1. The van der Waals surface area contributed by atoms with Gasteiger partial charge in [-0.25, -0.2) is 4.68 Å². The number of aliphatic carboxylic acids is 2. The zero-order valence-corrected chi connectivity index (χ0v) is 46.6. The number of rotatable bonds is 45. The molecule has 1 aromatic heterocycles. The van der Waals surface area contributed by atoms with Crippen molar-refractivity contribution in [3.8, 4) is 0 Å². The van der Waals surface area contributed by atoms with Gasteiger partial charge in [-0.3, -0.25) is 61.9 Å². The highest BCUT2D eigenvalue weighted by Gasteiger charge is 2.36. The van der Waals surface area contributed by atoms with Crippen molar-refractivity contribution < 1.29 is 72.1 Å². The Kier molecular flexibility index (Phi) is 35.4. The molecular weight excluding hydrogens is 1070 g/mol. The number of hydrogen-bond acceptors (Lipinski definition) is 18. The van der Waals surface area contributed by atoms with Gasteiger partial charge >= 0.3 is 11.9 Å². The van der Waals surface area contributed by atoms with Gasteiger partial charge in [-0.1, -0.05) is 19.1 Å². The number of nitrogens with one attached hydrogen (secondary N) is 8. The van der Waals surface area contributed by atoms with Crippen LogP contribution >= 0.6 is 0 Å². The molecule has 1 aromatic rings. The summed E-state index contributed by atoms with van der Waals surface area (Å²) in [5.41, 5.74) is 28.7. The predicted octanol–water partition coefficient (Wildman–Crippen LogP) is -3.97. The van der Waals surface area contributed by atoms with Gasteiger partial charge in [0.2, 0.25) is 53.2 Å². The number of unbranched alkanes of at least 4 members (excludes halogenated alkanes) is 4. The summed E-state index contributed by atoms with van der Waals surface area (Å²) < 4.78 is 13.7. The summed E-state index contributed by atoms with van der Waals surface area (Å²) >= 11 is 0. The van der Waals surface area contributed by atoms with Gasteiger partial charge in [-0.15, -0.1) is 5.10 Å². The molecule has 0 fully saturated rings. The van der Waals surface area contributed by atoms with E-state index in [1.165, 1.54) is 20.0 Å². The number of nitrogens with zero attached hydrogens (tertiary/aromatic N) is 3. The number of aryl methyl sites for hydroxylation is 1. The van der Waals surface area contributed by atoms with E-state index in [0.717, 1.165) is 11.6 Å². The summed E-state index contributed by atoms with van der Waals surface area (Å²) in [6, 6.07) is -11.8. The molecule has 1 rings (SSSR count). The van der Waals surface area contributed by atoms with Gasteiger partial charge < -0.3 is 81.4 Å². The largest absolute Gasteiger partial charge is 0.481 e. The molecule has 31 heteroatoms. The van der Waals surface area contributed by atoms with Crippen LogP contribution in [0.5, 0.6) is 0 Å². The minimum Gasteiger partial charge on any atom is -0.481 e. The quantitative estimate of drug-likeness (QED) is 0.0277. The van der Waals surface area contributed by atoms with Gasteiger partial charge in [-0.05, 0) is 135 Å². The van der Waals surface area contributed by atoms with Gasteiger partial charge in [0.05, 0.1) is 18.8 Å².